The van der Waals surface area contributed by atoms with E-state index < -0.39 is 0 Å². The van der Waals surface area contributed by atoms with E-state index in [1.165, 1.54) is 49.8 Å². The van der Waals surface area contributed by atoms with Gasteiger partial charge in [-0.1, -0.05) is 30.7 Å². The van der Waals surface area contributed by atoms with Gasteiger partial charge in [0.25, 0.3) is 5.91 Å². The topological polar surface area (TPSA) is 50.8 Å². The van der Waals surface area contributed by atoms with Gasteiger partial charge in [-0.15, -0.1) is 0 Å². The van der Waals surface area contributed by atoms with Gasteiger partial charge in [0.1, 0.15) is 5.75 Å². The molecule has 2 fully saturated rings. The van der Waals surface area contributed by atoms with Crippen LogP contribution in [0.2, 0.25) is 0 Å². The molecule has 3 aliphatic rings. The zero-order valence-electron chi connectivity index (χ0n) is 20.3. The maximum absolute atomic E-state index is 13.0. The number of amides is 1. The summed E-state index contributed by atoms with van der Waals surface area (Å²) < 4.78 is 11.7. The lowest BCUT2D eigenvalue weighted by atomic mass is 9.90. The summed E-state index contributed by atoms with van der Waals surface area (Å²) in [5.74, 6) is 0.903. The lowest BCUT2D eigenvalue weighted by molar-refractivity contribution is 0.0696. The van der Waals surface area contributed by atoms with Crippen LogP contribution in [0.15, 0.2) is 42.5 Å². The van der Waals surface area contributed by atoms with Gasteiger partial charge >= 0.3 is 0 Å². The average molecular weight is 463 g/mol. The van der Waals surface area contributed by atoms with Gasteiger partial charge in [0.05, 0.1) is 6.61 Å². The molecule has 2 bridgehead atoms. The van der Waals surface area contributed by atoms with Crippen LogP contribution < -0.4 is 10.1 Å². The summed E-state index contributed by atoms with van der Waals surface area (Å²) >= 11 is 0. The summed E-state index contributed by atoms with van der Waals surface area (Å²) in [5, 5.41) is 3.19. The normalized spacial score (nSPS) is 20.9. The third-order valence-electron chi connectivity index (χ3n) is 7.59. The summed E-state index contributed by atoms with van der Waals surface area (Å²) in [6.45, 7) is 4.38. The highest BCUT2D eigenvalue weighted by atomic mass is 16.5. The van der Waals surface area contributed by atoms with Crippen LogP contribution >= 0.6 is 0 Å². The van der Waals surface area contributed by atoms with Crippen molar-refractivity contribution in [3.63, 3.8) is 0 Å². The highest BCUT2D eigenvalue weighted by molar-refractivity contribution is 5.94. The third-order valence-corrected chi connectivity index (χ3v) is 7.59. The number of carbonyl (C=O) groups is 1. The van der Waals surface area contributed by atoms with E-state index in [1.807, 2.05) is 18.2 Å². The molecule has 5 rings (SSSR count). The molecule has 5 nitrogen and oxygen atoms in total. The highest BCUT2D eigenvalue weighted by Crippen LogP contribution is 2.28. The first-order valence-electron chi connectivity index (χ1n) is 13.2. The number of benzene rings is 2. The van der Waals surface area contributed by atoms with Crippen molar-refractivity contribution in [1.29, 1.82) is 0 Å². The van der Waals surface area contributed by atoms with Crippen LogP contribution in [0.3, 0.4) is 0 Å². The zero-order valence-corrected chi connectivity index (χ0v) is 20.3. The Hall–Kier alpha value is -2.37. The molecule has 2 aliphatic heterocycles. The molecule has 1 saturated carbocycles. The third kappa shape index (κ3) is 6.00. The van der Waals surface area contributed by atoms with E-state index in [0.717, 1.165) is 69.4 Å². The lowest BCUT2D eigenvalue weighted by Crippen LogP contribution is -2.40. The standard InChI is InChI=1S/C29H38N2O3/c32-29(30-26-12-16-33-17-13-26)24-10-11-28-25(20-24)19-22-6-4-7-23(18-22)21-31(27-8-5-9-27)14-2-1-3-15-34-28/h4,6-7,10-11,18,20,26-27H,1-3,5,8-9,12-17,19,21H2,(H,30,32). The molecule has 1 saturated heterocycles. The lowest BCUT2D eigenvalue weighted by Gasteiger charge is -2.38. The molecular formula is C29H38N2O3. The molecule has 0 radical (unpaired) electrons. The van der Waals surface area contributed by atoms with Crippen molar-refractivity contribution in [1.82, 2.24) is 10.2 Å². The van der Waals surface area contributed by atoms with Crippen molar-refractivity contribution in [2.75, 3.05) is 26.4 Å². The highest BCUT2D eigenvalue weighted by Gasteiger charge is 2.25. The first-order valence-corrected chi connectivity index (χ1v) is 13.2. The monoisotopic (exact) mass is 462 g/mol. The minimum Gasteiger partial charge on any atom is -0.493 e. The second kappa shape index (κ2) is 11.4. The summed E-state index contributed by atoms with van der Waals surface area (Å²) in [7, 11) is 0. The predicted octanol–water partition coefficient (Wildman–Crippen LogP) is 5.10. The largest absolute Gasteiger partial charge is 0.493 e. The number of hydrogen-bond acceptors (Lipinski definition) is 4. The fraction of sp³-hybridized carbons (Fsp3) is 0.552. The molecule has 5 heteroatoms. The van der Waals surface area contributed by atoms with Gasteiger partial charge in [0, 0.05) is 43.8 Å². The molecule has 2 heterocycles. The van der Waals surface area contributed by atoms with Crippen molar-refractivity contribution in [3.05, 3.63) is 64.7 Å². The summed E-state index contributed by atoms with van der Waals surface area (Å²) in [6.07, 6.45) is 10.1. The number of nitrogens with one attached hydrogen (secondary N) is 1. The molecule has 0 atom stereocenters. The second-order valence-electron chi connectivity index (χ2n) is 10.1. The van der Waals surface area contributed by atoms with E-state index in [2.05, 4.69) is 34.5 Å². The molecule has 2 aromatic carbocycles. The van der Waals surface area contributed by atoms with Gasteiger partial charge in [0.15, 0.2) is 0 Å². The van der Waals surface area contributed by atoms with Gasteiger partial charge in [0.2, 0.25) is 0 Å². The Morgan fingerprint density at radius 3 is 2.56 bits per heavy atom. The van der Waals surface area contributed by atoms with Gasteiger partial charge in [-0.3, -0.25) is 9.69 Å². The number of carbonyl (C=O) groups excluding carboxylic acids is 1. The van der Waals surface area contributed by atoms with Crippen LogP contribution in [0.4, 0.5) is 0 Å². The molecule has 0 spiro atoms. The SMILES string of the molecule is O=C(NC1CCOCC1)c1ccc2c(c1)Cc1cccc(c1)CN(C1CCC1)CCCCCO2. The van der Waals surface area contributed by atoms with Gasteiger partial charge in [-0.2, -0.15) is 0 Å². The molecule has 1 amide bonds. The van der Waals surface area contributed by atoms with Crippen molar-refractivity contribution in [2.45, 2.75) is 76.4 Å². The van der Waals surface area contributed by atoms with Crippen molar-refractivity contribution in [2.24, 2.45) is 0 Å². The van der Waals surface area contributed by atoms with Crippen LogP contribution in [0.5, 0.6) is 5.75 Å². The maximum Gasteiger partial charge on any atom is 0.251 e. The Morgan fingerprint density at radius 1 is 0.882 bits per heavy atom. The molecule has 0 aromatic heterocycles. The Balaban J connectivity index is 1.36. The second-order valence-corrected chi connectivity index (χ2v) is 10.1. The Bertz CT molecular complexity index is 966. The number of fused-ring (bicyclic) bond motifs is 3. The van der Waals surface area contributed by atoms with Gasteiger partial charge in [-0.25, -0.2) is 0 Å². The molecule has 1 N–H and O–H groups in total. The maximum atomic E-state index is 13.0. The van der Waals surface area contributed by atoms with E-state index >= 15 is 0 Å². The molecule has 1 aliphatic carbocycles. The van der Waals surface area contributed by atoms with E-state index in [9.17, 15) is 4.79 Å². The predicted molar refractivity (Wildman–Crippen MR) is 134 cm³/mol. The van der Waals surface area contributed by atoms with Crippen molar-refractivity contribution < 1.29 is 14.3 Å². The van der Waals surface area contributed by atoms with E-state index in [1.54, 1.807) is 0 Å². The molecule has 2 aromatic rings. The van der Waals surface area contributed by atoms with E-state index in [4.69, 9.17) is 9.47 Å². The number of ether oxygens (including phenoxy) is 2. The minimum absolute atomic E-state index is 0.000931. The Labute approximate surface area is 203 Å². The number of nitrogens with zero attached hydrogens (tertiary/aromatic N) is 1. The van der Waals surface area contributed by atoms with Crippen molar-refractivity contribution >= 4 is 5.91 Å². The average Bonchev–Trinajstić information content (AvgIpc) is 2.81. The zero-order chi connectivity index (χ0) is 23.2. The van der Waals surface area contributed by atoms with Crippen LogP contribution in [0.25, 0.3) is 0 Å². The van der Waals surface area contributed by atoms with Gasteiger partial charge < -0.3 is 14.8 Å². The van der Waals surface area contributed by atoms with Crippen LogP contribution in [-0.4, -0.2) is 49.3 Å². The summed E-state index contributed by atoms with van der Waals surface area (Å²) in [6, 6.07) is 15.9. The smallest absolute Gasteiger partial charge is 0.251 e. The number of rotatable bonds is 3. The quantitative estimate of drug-likeness (QED) is 0.689. The Kier molecular flexibility index (Phi) is 7.82. The van der Waals surface area contributed by atoms with Crippen molar-refractivity contribution in [3.8, 4) is 5.75 Å². The van der Waals surface area contributed by atoms with E-state index in [-0.39, 0.29) is 11.9 Å². The first-order chi connectivity index (χ1) is 16.7. The molecule has 0 unspecified atom stereocenters. The van der Waals surface area contributed by atoms with E-state index in [0.29, 0.717) is 5.56 Å². The molecular weight excluding hydrogens is 424 g/mol. The fourth-order valence-corrected chi connectivity index (χ4v) is 5.32. The molecule has 182 valence electrons. The Morgan fingerprint density at radius 2 is 1.74 bits per heavy atom. The first kappa shape index (κ1) is 23.4. The summed E-state index contributed by atoms with van der Waals surface area (Å²) in [5.41, 5.74) is 4.46. The van der Waals surface area contributed by atoms with Crippen LogP contribution in [-0.2, 0) is 17.7 Å². The van der Waals surface area contributed by atoms with Crippen LogP contribution in [0.1, 0.15) is 78.4 Å². The van der Waals surface area contributed by atoms with Crippen LogP contribution in [0, 0.1) is 0 Å². The van der Waals surface area contributed by atoms with Gasteiger partial charge in [-0.05, 0) is 86.4 Å². The fourth-order valence-electron chi connectivity index (χ4n) is 5.32. The number of hydrogen-bond donors (Lipinski definition) is 1. The molecule has 34 heavy (non-hydrogen) atoms. The minimum atomic E-state index is -0.000931. The summed E-state index contributed by atoms with van der Waals surface area (Å²) in [4.78, 5) is 15.7.